The van der Waals surface area contributed by atoms with Crippen LogP contribution in [0.2, 0.25) is 0 Å². The number of nitrogens with two attached hydrogens (primary N) is 1. The molecule has 0 bridgehead atoms. The van der Waals surface area contributed by atoms with Gasteiger partial charge in [-0.25, -0.2) is 0 Å². The van der Waals surface area contributed by atoms with Gasteiger partial charge in [-0.05, 0) is 50.6 Å². The predicted molar refractivity (Wildman–Crippen MR) is 68.0 cm³/mol. The lowest BCUT2D eigenvalue weighted by Gasteiger charge is -2.09. The van der Waals surface area contributed by atoms with Crippen molar-refractivity contribution in [2.45, 2.75) is 20.3 Å². The number of hydrogen-bond donors (Lipinski definition) is 1. The van der Waals surface area contributed by atoms with Gasteiger partial charge in [0.05, 0.1) is 0 Å². The van der Waals surface area contributed by atoms with E-state index in [-0.39, 0.29) is 0 Å². The SMILES string of the molecule is Cc1cc(CCN)c(C)n1-c1ccccc1. The predicted octanol–water partition coefficient (Wildman–Crippen LogP) is 2.60. The maximum absolute atomic E-state index is 5.62. The summed E-state index contributed by atoms with van der Waals surface area (Å²) in [6.07, 6.45) is 0.951. The molecule has 1 aromatic carbocycles. The maximum atomic E-state index is 5.62. The summed E-state index contributed by atoms with van der Waals surface area (Å²) in [4.78, 5) is 0. The highest BCUT2D eigenvalue weighted by molar-refractivity contribution is 5.40. The minimum atomic E-state index is 0.707. The van der Waals surface area contributed by atoms with Crippen molar-refractivity contribution in [1.29, 1.82) is 0 Å². The molecule has 0 atom stereocenters. The van der Waals surface area contributed by atoms with Gasteiger partial charge in [0.25, 0.3) is 0 Å². The molecule has 0 aliphatic rings. The molecule has 2 rings (SSSR count). The lowest BCUT2D eigenvalue weighted by Crippen LogP contribution is -2.04. The number of para-hydroxylation sites is 1. The summed E-state index contributed by atoms with van der Waals surface area (Å²) in [5, 5.41) is 0. The molecule has 0 saturated carbocycles. The quantitative estimate of drug-likeness (QED) is 0.836. The third-order valence-corrected chi connectivity index (χ3v) is 2.96. The highest BCUT2D eigenvalue weighted by Gasteiger charge is 2.09. The van der Waals surface area contributed by atoms with E-state index in [9.17, 15) is 0 Å². The third kappa shape index (κ3) is 1.89. The van der Waals surface area contributed by atoms with Gasteiger partial charge in [-0.3, -0.25) is 0 Å². The van der Waals surface area contributed by atoms with E-state index in [0.29, 0.717) is 6.54 Å². The van der Waals surface area contributed by atoms with Crippen molar-refractivity contribution < 1.29 is 0 Å². The molecule has 0 saturated heterocycles. The summed E-state index contributed by atoms with van der Waals surface area (Å²) < 4.78 is 2.28. The first-order valence-electron chi connectivity index (χ1n) is 5.67. The topological polar surface area (TPSA) is 30.9 Å². The van der Waals surface area contributed by atoms with Crippen molar-refractivity contribution in [2.24, 2.45) is 5.73 Å². The molecule has 0 spiro atoms. The summed E-state index contributed by atoms with van der Waals surface area (Å²) in [5.41, 5.74) is 10.8. The number of nitrogens with zero attached hydrogens (tertiary/aromatic N) is 1. The first-order chi connectivity index (χ1) is 7.74. The molecule has 0 aliphatic carbocycles. The second kappa shape index (κ2) is 4.54. The van der Waals surface area contributed by atoms with Crippen LogP contribution in [0.3, 0.4) is 0 Å². The number of aromatic nitrogens is 1. The van der Waals surface area contributed by atoms with E-state index in [1.54, 1.807) is 0 Å². The van der Waals surface area contributed by atoms with E-state index < -0.39 is 0 Å². The first-order valence-corrected chi connectivity index (χ1v) is 5.67. The van der Waals surface area contributed by atoms with E-state index in [2.05, 4.69) is 48.7 Å². The molecule has 0 unspecified atom stereocenters. The van der Waals surface area contributed by atoms with Gasteiger partial charge < -0.3 is 10.3 Å². The van der Waals surface area contributed by atoms with E-state index in [0.717, 1.165) is 6.42 Å². The zero-order valence-corrected chi connectivity index (χ0v) is 9.90. The van der Waals surface area contributed by atoms with Gasteiger partial charge in [-0.2, -0.15) is 0 Å². The molecule has 0 fully saturated rings. The third-order valence-electron chi connectivity index (χ3n) is 2.96. The van der Waals surface area contributed by atoms with Crippen LogP contribution >= 0.6 is 0 Å². The molecule has 0 aliphatic heterocycles. The van der Waals surface area contributed by atoms with Crippen LogP contribution in [0.5, 0.6) is 0 Å². The van der Waals surface area contributed by atoms with Crippen molar-refractivity contribution in [3.8, 4) is 5.69 Å². The van der Waals surface area contributed by atoms with Gasteiger partial charge in [-0.15, -0.1) is 0 Å². The molecular formula is C14H18N2. The molecule has 2 aromatic rings. The Bertz CT molecular complexity index is 469. The number of hydrogen-bond acceptors (Lipinski definition) is 1. The van der Waals surface area contributed by atoms with Crippen LogP contribution in [-0.4, -0.2) is 11.1 Å². The largest absolute Gasteiger partial charge is 0.330 e. The second-order valence-corrected chi connectivity index (χ2v) is 4.11. The van der Waals surface area contributed by atoms with Crippen LogP contribution in [0.15, 0.2) is 36.4 Å². The van der Waals surface area contributed by atoms with Gasteiger partial charge >= 0.3 is 0 Å². The Morgan fingerprint density at radius 1 is 1.12 bits per heavy atom. The number of benzene rings is 1. The van der Waals surface area contributed by atoms with E-state index >= 15 is 0 Å². The normalized spacial score (nSPS) is 10.7. The Morgan fingerprint density at radius 3 is 2.44 bits per heavy atom. The Morgan fingerprint density at radius 2 is 1.81 bits per heavy atom. The van der Waals surface area contributed by atoms with E-state index in [4.69, 9.17) is 5.73 Å². The van der Waals surface area contributed by atoms with Crippen molar-refractivity contribution in [3.05, 3.63) is 53.3 Å². The second-order valence-electron chi connectivity index (χ2n) is 4.11. The summed E-state index contributed by atoms with van der Waals surface area (Å²) in [7, 11) is 0. The summed E-state index contributed by atoms with van der Waals surface area (Å²) in [6.45, 7) is 5.00. The fraction of sp³-hybridized carbons (Fsp3) is 0.286. The van der Waals surface area contributed by atoms with Crippen LogP contribution in [-0.2, 0) is 6.42 Å². The van der Waals surface area contributed by atoms with Crippen molar-refractivity contribution in [1.82, 2.24) is 4.57 Å². The Labute approximate surface area is 96.7 Å². The van der Waals surface area contributed by atoms with Crippen molar-refractivity contribution >= 4 is 0 Å². The number of rotatable bonds is 3. The standard InChI is InChI=1S/C14H18N2/c1-11-10-13(8-9-15)12(2)16(11)14-6-4-3-5-7-14/h3-7,10H,8-9,15H2,1-2H3. The fourth-order valence-electron chi connectivity index (χ4n) is 2.21. The van der Waals surface area contributed by atoms with Crippen molar-refractivity contribution in [3.63, 3.8) is 0 Å². The minimum Gasteiger partial charge on any atom is -0.330 e. The maximum Gasteiger partial charge on any atom is 0.0455 e. The first kappa shape index (κ1) is 11.0. The average molecular weight is 214 g/mol. The van der Waals surface area contributed by atoms with Crippen LogP contribution in [0.4, 0.5) is 0 Å². The Balaban J connectivity index is 2.49. The highest BCUT2D eigenvalue weighted by atomic mass is 15.0. The molecule has 0 amide bonds. The molecule has 1 heterocycles. The molecule has 16 heavy (non-hydrogen) atoms. The van der Waals surface area contributed by atoms with Crippen LogP contribution in [0.1, 0.15) is 17.0 Å². The zero-order valence-electron chi connectivity index (χ0n) is 9.90. The Hall–Kier alpha value is -1.54. The summed E-state index contributed by atoms with van der Waals surface area (Å²) in [6, 6.07) is 12.7. The summed E-state index contributed by atoms with van der Waals surface area (Å²) in [5.74, 6) is 0. The van der Waals surface area contributed by atoms with Crippen LogP contribution in [0, 0.1) is 13.8 Å². The molecule has 2 N–H and O–H groups in total. The van der Waals surface area contributed by atoms with Gasteiger partial charge in [0.2, 0.25) is 0 Å². The highest BCUT2D eigenvalue weighted by Crippen LogP contribution is 2.20. The van der Waals surface area contributed by atoms with E-state index in [1.165, 1.54) is 22.6 Å². The van der Waals surface area contributed by atoms with Gasteiger partial charge in [-0.1, -0.05) is 18.2 Å². The molecule has 0 radical (unpaired) electrons. The zero-order chi connectivity index (χ0) is 11.5. The molecule has 1 aromatic heterocycles. The molecule has 2 nitrogen and oxygen atoms in total. The molecule has 2 heteroatoms. The van der Waals surface area contributed by atoms with Gasteiger partial charge in [0.15, 0.2) is 0 Å². The molecular weight excluding hydrogens is 196 g/mol. The monoisotopic (exact) mass is 214 g/mol. The fourth-order valence-corrected chi connectivity index (χ4v) is 2.21. The minimum absolute atomic E-state index is 0.707. The van der Waals surface area contributed by atoms with Crippen LogP contribution < -0.4 is 5.73 Å². The van der Waals surface area contributed by atoms with Gasteiger partial charge in [0, 0.05) is 17.1 Å². The smallest absolute Gasteiger partial charge is 0.0455 e. The number of aryl methyl sites for hydroxylation is 1. The Kier molecular flexibility index (Phi) is 3.11. The molecule has 84 valence electrons. The lowest BCUT2D eigenvalue weighted by molar-refractivity contribution is 0.920. The summed E-state index contributed by atoms with van der Waals surface area (Å²) >= 11 is 0. The van der Waals surface area contributed by atoms with E-state index in [1.807, 2.05) is 6.07 Å². The lowest BCUT2D eigenvalue weighted by atomic mass is 10.2. The van der Waals surface area contributed by atoms with Crippen molar-refractivity contribution in [2.75, 3.05) is 6.54 Å². The van der Waals surface area contributed by atoms with Gasteiger partial charge in [0.1, 0.15) is 0 Å². The van der Waals surface area contributed by atoms with Crippen LogP contribution in [0.25, 0.3) is 5.69 Å². The average Bonchev–Trinajstić information content (AvgIpc) is 2.56.